The highest BCUT2D eigenvalue weighted by molar-refractivity contribution is 5.81. The predicted molar refractivity (Wildman–Crippen MR) is 46.6 cm³/mol. The fourth-order valence-electron chi connectivity index (χ4n) is 1.03. The Hall–Kier alpha value is -0.780. The highest BCUT2D eigenvalue weighted by Crippen LogP contribution is 2.18. The second-order valence-electron chi connectivity index (χ2n) is 2.88. The van der Waals surface area contributed by atoms with Crippen LogP contribution in [0.3, 0.4) is 0 Å². The van der Waals surface area contributed by atoms with Crippen molar-refractivity contribution < 1.29 is 18.0 Å². The molecule has 0 aromatic heterocycles. The molecule has 0 spiro atoms. The van der Waals surface area contributed by atoms with Crippen LogP contribution in [0.4, 0.5) is 13.2 Å². The second kappa shape index (κ2) is 5.85. The van der Waals surface area contributed by atoms with Crippen molar-refractivity contribution in [3.05, 3.63) is 0 Å². The van der Waals surface area contributed by atoms with Crippen molar-refractivity contribution in [2.45, 2.75) is 25.9 Å². The van der Waals surface area contributed by atoms with Gasteiger partial charge in [0, 0.05) is 13.1 Å². The monoisotopic (exact) mass is 212 g/mol. The number of nitrogens with two attached hydrogens (primary N) is 1. The van der Waals surface area contributed by atoms with Gasteiger partial charge in [0.15, 0.2) is 0 Å². The summed E-state index contributed by atoms with van der Waals surface area (Å²) in [6.45, 7) is 2.14. The molecule has 1 amide bonds. The van der Waals surface area contributed by atoms with Crippen molar-refractivity contribution in [2.24, 2.45) is 5.73 Å². The van der Waals surface area contributed by atoms with Gasteiger partial charge in [0.05, 0.1) is 0 Å². The number of rotatable bonds is 5. The van der Waals surface area contributed by atoms with Gasteiger partial charge in [-0.25, -0.2) is 0 Å². The highest BCUT2D eigenvalue weighted by atomic mass is 19.4. The number of halogens is 3. The molecule has 0 saturated heterocycles. The fraction of sp³-hybridized carbons (Fsp3) is 0.875. The molecule has 6 heteroatoms. The summed E-state index contributed by atoms with van der Waals surface area (Å²) in [6, 6.07) is 0. The molecular formula is C8H15F3N2O. The summed E-state index contributed by atoms with van der Waals surface area (Å²) >= 11 is 0. The van der Waals surface area contributed by atoms with E-state index < -0.39 is 12.1 Å². The summed E-state index contributed by atoms with van der Waals surface area (Å²) in [7, 11) is 0. The normalized spacial score (nSPS) is 11.5. The lowest BCUT2D eigenvalue weighted by Crippen LogP contribution is -2.41. The zero-order valence-electron chi connectivity index (χ0n) is 8.10. The van der Waals surface area contributed by atoms with Crippen LogP contribution in [-0.4, -0.2) is 36.6 Å². The number of amides is 1. The number of hydrogen-bond acceptors (Lipinski definition) is 2. The van der Waals surface area contributed by atoms with Gasteiger partial charge in [0.2, 0.25) is 0 Å². The highest BCUT2D eigenvalue weighted by Gasteiger charge is 2.41. The molecule has 0 aromatic carbocycles. The smallest absolute Gasteiger partial charge is 0.335 e. The van der Waals surface area contributed by atoms with Crippen LogP contribution in [-0.2, 0) is 4.79 Å². The lowest BCUT2D eigenvalue weighted by Gasteiger charge is -2.21. The van der Waals surface area contributed by atoms with Crippen LogP contribution < -0.4 is 5.73 Å². The van der Waals surface area contributed by atoms with E-state index in [1.807, 2.05) is 0 Å². The van der Waals surface area contributed by atoms with Gasteiger partial charge in [-0.2, -0.15) is 13.2 Å². The third-order valence-electron chi connectivity index (χ3n) is 1.79. The maximum absolute atomic E-state index is 12.0. The lowest BCUT2D eigenvalue weighted by molar-refractivity contribution is -0.185. The number of unbranched alkanes of at least 4 members (excludes halogenated alkanes) is 1. The first-order valence-corrected chi connectivity index (χ1v) is 4.49. The summed E-state index contributed by atoms with van der Waals surface area (Å²) < 4.78 is 35.9. The molecule has 0 heterocycles. The van der Waals surface area contributed by atoms with E-state index in [0.29, 0.717) is 19.4 Å². The van der Waals surface area contributed by atoms with Crippen molar-refractivity contribution >= 4 is 5.91 Å². The Morgan fingerprint density at radius 3 is 2.29 bits per heavy atom. The minimum Gasteiger partial charge on any atom is -0.335 e. The van der Waals surface area contributed by atoms with Crippen LogP contribution in [0.1, 0.15) is 19.8 Å². The van der Waals surface area contributed by atoms with E-state index in [4.69, 9.17) is 5.73 Å². The van der Waals surface area contributed by atoms with Gasteiger partial charge < -0.3 is 10.6 Å². The second-order valence-corrected chi connectivity index (χ2v) is 2.88. The lowest BCUT2D eigenvalue weighted by atomic mass is 10.3. The molecule has 0 bridgehead atoms. The van der Waals surface area contributed by atoms with Crippen molar-refractivity contribution in [1.82, 2.24) is 4.90 Å². The Morgan fingerprint density at radius 2 is 1.93 bits per heavy atom. The topological polar surface area (TPSA) is 46.3 Å². The zero-order valence-corrected chi connectivity index (χ0v) is 8.10. The van der Waals surface area contributed by atoms with Gasteiger partial charge in [-0.1, -0.05) is 0 Å². The first-order valence-electron chi connectivity index (χ1n) is 4.49. The van der Waals surface area contributed by atoms with Gasteiger partial charge in [0.1, 0.15) is 0 Å². The number of carbonyl (C=O) groups is 1. The summed E-state index contributed by atoms with van der Waals surface area (Å²) in [5, 5.41) is 0. The molecule has 0 rings (SSSR count). The molecule has 0 aliphatic rings. The first-order chi connectivity index (χ1) is 6.43. The van der Waals surface area contributed by atoms with E-state index in [9.17, 15) is 18.0 Å². The summed E-state index contributed by atoms with van der Waals surface area (Å²) in [5.74, 6) is -1.77. The SMILES string of the molecule is CCN(CCCCN)C(=O)C(F)(F)F. The molecule has 0 fully saturated rings. The van der Waals surface area contributed by atoms with E-state index in [0.717, 1.165) is 4.90 Å². The zero-order chi connectivity index (χ0) is 11.2. The van der Waals surface area contributed by atoms with Crippen LogP contribution in [0.2, 0.25) is 0 Å². The number of carbonyl (C=O) groups excluding carboxylic acids is 1. The summed E-state index contributed by atoms with van der Waals surface area (Å²) in [5.41, 5.74) is 5.19. The molecule has 0 aliphatic heterocycles. The van der Waals surface area contributed by atoms with E-state index in [2.05, 4.69) is 0 Å². The molecular weight excluding hydrogens is 197 g/mol. The van der Waals surface area contributed by atoms with Gasteiger partial charge in [-0.05, 0) is 26.3 Å². The van der Waals surface area contributed by atoms with Crippen LogP contribution in [0.5, 0.6) is 0 Å². The number of alkyl halides is 3. The fourth-order valence-corrected chi connectivity index (χ4v) is 1.03. The Bertz CT molecular complexity index is 182. The first kappa shape index (κ1) is 13.2. The van der Waals surface area contributed by atoms with E-state index >= 15 is 0 Å². The van der Waals surface area contributed by atoms with E-state index in [1.165, 1.54) is 6.92 Å². The van der Waals surface area contributed by atoms with Crippen LogP contribution in [0.15, 0.2) is 0 Å². The Balaban J connectivity index is 4.07. The maximum Gasteiger partial charge on any atom is 0.471 e. The molecule has 0 radical (unpaired) electrons. The van der Waals surface area contributed by atoms with E-state index in [1.54, 1.807) is 0 Å². The van der Waals surface area contributed by atoms with E-state index in [-0.39, 0.29) is 13.1 Å². The van der Waals surface area contributed by atoms with Crippen molar-refractivity contribution in [1.29, 1.82) is 0 Å². The largest absolute Gasteiger partial charge is 0.471 e. The average Bonchev–Trinajstić information content (AvgIpc) is 2.10. The quantitative estimate of drug-likeness (QED) is 0.694. The summed E-state index contributed by atoms with van der Waals surface area (Å²) in [6.07, 6.45) is -3.63. The summed E-state index contributed by atoms with van der Waals surface area (Å²) in [4.78, 5) is 11.5. The van der Waals surface area contributed by atoms with Gasteiger partial charge >= 0.3 is 12.1 Å². The molecule has 2 N–H and O–H groups in total. The van der Waals surface area contributed by atoms with Crippen molar-refractivity contribution in [2.75, 3.05) is 19.6 Å². The molecule has 84 valence electrons. The van der Waals surface area contributed by atoms with Gasteiger partial charge in [0.25, 0.3) is 0 Å². The standard InChI is InChI=1S/C8H15F3N2O/c1-2-13(6-4-3-5-12)7(14)8(9,10)11/h2-6,12H2,1H3. The molecule has 0 atom stereocenters. The Kier molecular flexibility index (Phi) is 5.52. The van der Waals surface area contributed by atoms with Crippen molar-refractivity contribution in [3.63, 3.8) is 0 Å². The maximum atomic E-state index is 12.0. The number of nitrogens with zero attached hydrogens (tertiary/aromatic N) is 1. The van der Waals surface area contributed by atoms with Crippen LogP contribution in [0.25, 0.3) is 0 Å². The van der Waals surface area contributed by atoms with Crippen molar-refractivity contribution in [3.8, 4) is 0 Å². The van der Waals surface area contributed by atoms with Gasteiger partial charge in [-0.15, -0.1) is 0 Å². The molecule has 0 aliphatic carbocycles. The molecule has 3 nitrogen and oxygen atoms in total. The number of hydrogen-bond donors (Lipinski definition) is 1. The molecule has 0 aromatic rings. The van der Waals surface area contributed by atoms with Gasteiger partial charge in [-0.3, -0.25) is 4.79 Å². The third kappa shape index (κ3) is 4.45. The molecule has 14 heavy (non-hydrogen) atoms. The Morgan fingerprint density at radius 1 is 1.36 bits per heavy atom. The molecule has 0 saturated carbocycles. The minimum absolute atomic E-state index is 0.0723. The average molecular weight is 212 g/mol. The predicted octanol–water partition coefficient (Wildman–Crippen LogP) is 1.14. The third-order valence-corrected chi connectivity index (χ3v) is 1.79. The van der Waals surface area contributed by atoms with Crippen LogP contribution in [0, 0.1) is 0 Å². The molecule has 0 unspecified atom stereocenters. The Labute approximate surface area is 81.1 Å². The minimum atomic E-state index is -4.77. The van der Waals surface area contributed by atoms with Crippen LogP contribution >= 0.6 is 0 Å².